The van der Waals surface area contributed by atoms with Crippen molar-refractivity contribution < 1.29 is 23.9 Å². The van der Waals surface area contributed by atoms with E-state index in [-0.39, 0.29) is 18.1 Å². The Bertz CT molecular complexity index is 1210. The van der Waals surface area contributed by atoms with Gasteiger partial charge < -0.3 is 14.0 Å². The van der Waals surface area contributed by atoms with Gasteiger partial charge in [-0.15, -0.1) is 0 Å². The molecule has 148 valence electrons. The molecule has 2 aliphatic heterocycles. The summed E-state index contributed by atoms with van der Waals surface area (Å²) in [5, 5.41) is 2.21. The Hall–Kier alpha value is -4.33. The lowest BCUT2D eigenvalue weighted by atomic mass is 10.1. The quantitative estimate of drug-likeness (QED) is 0.538. The summed E-state index contributed by atoms with van der Waals surface area (Å²) in [5.41, 5.74) is 1.73. The second-order valence-corrected chi connectivity index (χ2v) is 6.68. The minimum Gasteiger partial charge on any atom is -0.454 e. The van der Waals surface area contributed by atoms with Gasteiger partial charge in [-0.25, -0.2) is 9.69 Å². The third-order valence-electron chi connectivity index (χ3n) is 4.80. The van der Waals surface area contributed by atoms with Crippen molar-refractivity contribution in [2.75, 3.05) is 11.7 Å². The molecule has 0 unspecified atom stereocenters. The average Bonchev–Trinajstić information content (AvgIpc) is 3.41. The van der Waals surface area contributed by atoms with Crippen LogP contribution in [0, 0.1) is 0 Å². The van der Waals surface area contributed by atoms with Crippen LogP contribution in [0.25, 0.3) is 11.8 Å². The largest absolute Gasteiger partial charge is 0.454 e. The number of barbiturate groups is 1. The Morgan fingerprint density at radius 1 is 0.900 bits per heavy atom. The first kappa shape index (κ1) is 17.7. The van der Waals surface area contributed by atoms with Gasteiger partial charge in [-0.05, 0) is 42.0 Å². The van der Waals surface area contributed by atoms with Crippen LogP contribution in [0.3, 0.4) is 0 Å². The lowest BCUT2D eigenvalue weighted by Gasteiger charge is -2.26. The average molecular weight is 401 g/mol. The summed E-state index contributed by atoms with van der Waals surface area (Å²) >= 11 is 0. The van der Waals surface area contributed by atoms with Gasteiger partial charge in [0.25, 0.3) is 11.8 Å². The van der Waals surface area contributed by atoms with Gasteiger partial charge in [0.2, 0.25) is 6.79 Å². The summed E-state index contributed by atoms with van der Waals surface area (Å²) in [4.78, 5) is 38.7. The standard InChI is InChI=1S/C22H15N3O5/c26-20-17(10-14-8-9-24(12-14)15-4-2-1-3-5-15)21(27)25(22(28)23-20)16-6-7-18-19(11-16)30-13-29-18/h1-12H,13H2,(H,23,26,28)/b17-10-. The van der Waals surface area contributed by atoms with Crippen LogP contribution in [-0.2, 0) is 9.59 Å². The van der Waals surface area contributed by atoms with Crippen molar-refractivity contribution >= 4 is 29.6 Å². The number of nitrogens with zero attached hydrogens (tertiary/aromatic N) is 2. The highest BCUT2D eigenvalue weighted by atomic mass is 16.7. The Morgan fingerprint density at radius 2 is 1.70 bits per heavy atom. The van der Waals surface area contributed by atoms with Crippen molar-refractivity contribution in [3.05, 3.63) is 78.1 Å². The Kier molecular flexibility index (Phi) is 4.10. The summed E-state index contributed by atoms with van der Waals surface area (Å²) in [7, 11) is 0. The van der Waals surface area contributed by atoms with Crippen LogP contribution in [-0.4, -0.2) is 29.2 Å². The van der Waals surface area contributed by atoms with Gasteiger partial charge in [0, 0.05) is 24.1 Å². The van der Waals surface area contributed by atoms with Gasteiger partial charge in [0.05, 0.1) is 5.69 Å². The summed E-state index contributed by atoms with van der Waals surface area (Å²) in [6.07, 6.45) is 5.08. The van der Waals surface area contributed by atoms with Crippen LogP contribution >= 0.6 is 0 Å². The van der Waals surface area contributed by atoms with Gasteiger partial charge in [0.1, 0.15) is 5.57 Å². The molecule has 0 atom stereocenters. The maximum Gasteiger partial charge on any atom is 0.335 e. The normalized spacial score (nSPS) is 16.9. The van der Waals surface area contributed by atoms with E-state index in [1.54, 1.807) is 24.4 Å². The molecule has 3 aromatic rings. The van der Waals surface area contributed by atoms with Crippen LogP contribution in [0.1, 0.15) is 5.56 Å². The lowest BCUT2D eigenvalue weighted by Crippen LogP contribution is -2.54. The third-order valence-corrected chi connectivity index (χ3v) is 4.80. The number of para-hydroxylation sites is 1. The molecule has 30 heavy (non-hydrogen) atoms. The maximum absolute atomic E-state index is 13.0. The fourth-order valence-electron chi connectivity index (χ4n) is 3.34. The van der Waals surface area contributed by atoms with Crippen molar-refractivity contribution in [2.45, 2.75) is 0 Å². The molecule has 1 N–H and O–H groups in total. The Morgan fingerprint density at radius 3 is 2.53 bits per heavy atom. The number of ether oxygens (including phenoxy) is 2. The van der Waals surface area contributed by atoms with Crippen LogP contribution in [0.4, 0.5) is 10.5 Å². The van der Waals surface area contributed by atoms with E-state index in [0.29, 0.717) is 17.1 Å². The zero-order chi connectivity index (χ0) is 20.7. The number of carbonyl (C=O) groups is 3. The van der Waals surface area contributed by atoms with Gasteiger partial charge in [-0.3, -0.25) is 14.9 Å². The first-order valence-corrected chi connectivity index (χ1v) is 9.15. The Labute approximate surface area is 170 Å². The van der Waals surface area contributed by atoms with Crippen LogP contribution in [0.15, 0.2) is 72.6 Å². The van der Waals surface area contributed by atoms with E-state index in [9.17, 15) is 14.4 Å². The highest BCUT2D eigenvalue weighted by Gasteiger charge is 2.37. The van der Waals surface area contributed by atoms with Crippen LogP contribution < -0.4 is 19.7 Å². The van der Waals surface area contributed by atoms with Crippen molar-refractivity contribution in [2.24, 2.45) is 0 Å². The van der Waals surface area contributed by atoms with E-state index in [4.69, 9.17) is 9.47 Å². The third kappa shape index (κ3) is 3.00. The van der Waals surface area contributed by atoms with E-state index in [1.165, 1.54) is 12.1 Å². The minimum absolute atomic E-state index is 0.0704. The molecule has 8 heteroatoms. The topological polar surface area (TPSA) is 89.9 Å². The predicted molar refractivity (Wildman–Crippen MR) is 107 cm³/mol. The second kappa shape index (κ2) is 6.93. The zero-order valence-electron chi connectivity index (χ0n) is 15.6. The molecule has 1 saturated heterocycles. The number of imide groups is 2. The molecule has 5 rings (SSSR count). The molecule has 0 spiro atoms. The van der Waals surface area contributed by atoms with E-state index >= 15 is 0 Å². The number of fused-ring (bicyclic) bond motifs is 1. The van der Waals surface area contributed by atoms with Crippen molar-refractivity contribution in [1.82, 2.24) is 9.88 Å². The Balaban J connectivity index is 1.48. The summed E-state index contributed by atoms with van der Waals surface area (Å²) in [6, 6.07) is 15.3. The second-order valence-electron chi connectivity index (χ2n) is 6.68. The molecule has 8 nitrogen and oxygen atoms in total. The molecular formula is C22H15N3O5. The van der Waals surface area contributed by atoms with Crippen LogP contribution in [0.5, 0.6) is 11.5 Å². The van der Waals surface area contributed by atoms with E-state index in [0.717, 1.165) is 10.6 Å². The van der Waals surface area contributed by atoms with Gasteiger partial charge in [-0.2, -0.15) is 0 Å². The zero-order valence-corrected chi connectivity index (χ0v) is 15.6. The molecule has 2 aliphatic rings. The summed E-state index contributed by atoms with van der Waals surface area (Å²) < 4.78 is 12.4. The fraction of sp³-hybridized carbons (Fsp3) is 0.0455. The minimum atomic E-state index is -0.817. The first-order valence-electron chi connectivity index (χ1n) is 9.15. The number of nitrogens with one attached hydrogen (secondary N) is 1. The number of benzene rings is 2. The predicted octanol–water partition coefficient (Wildman–Crippen LogP) is 2.87. The molecular weight excluding hydrogens is 386 g/mol. The monoisotopic (exact) mass is 401 g/mol. The maximum atomic E-state index is 13.0. The number of aromatic nitrogens is 1. The molecule has 0 aliphatic carbocycles. The lowest BCUT2D eigenvalue weighted by molar-refractivity contribution is -0.122. The number of anilines is 1. The van der Waals surface area contributed by atoms with Crippen LogP contribution in [0.2, 0.25) is 0 Å². The summed E-state index contributed by atoms with van der Waals surface area (Å²) in [6.45, 7) is 0.0704. The number of carbonyl (C=O) groups excluding carboxylic acids is 3. The molecule has 0 radical (unpaired) electrons. The molecule has 0 saturated carbocycles. The molecule has 1 aromatic heterocycles. The van der Waals surface area contributed by atoms with E-state index in [1.807, 2.05) is 41.1 Å². The number of amides is 4. The SMILES string of the molecule is O=C1NC(=O)N(c2ccc3c(c2)OCO3)C(=O)/C1=C\c1ccn(-c2ccccc2)c1. The number of rotatable bonds is 3. The first-order chi connectivity index (χ1) is 14.6. The number of urea groups is 1. The summed E-state index contributed by atoms with van der Waals surface area (Å²) in [5.74, 6) is -0.502. The van der Waals surface area contributed by atoms with Crippen molar-refractivity contribution in [3.8, 4) is 17.2 Å². The number of hydrogen-bond donors (Lipinski definition) is 1. The molecule has 1 fully saturated rings. The van der Waals surface area contributed by atoms with Gasteiger partial charge >= 0.3 is 6.03 Å². The van der Waals surface area contributed by atoms with Gasteiger partial charge in [-0.1, -0.05) is 18.2 Å². The number of hydrogen-bond acceptors (Lipinski definition) is 5. The smallest absolute Gasteiger partial charge is 0.335 e. The van der Waals surface area contributed by atoms with Crippen molar-refractivity contribution in [3.63, 3.8) is 0 Å². The van der Waals surface area contributed by atoms with Crippen molar-refractivity contribution in [1.29, 1.82) is 0 Å². The van der Waals surface area contributed by atoms with E-state index < -0.39 is 17.8 Å². The fourth-order valence-corrected chi connectivity index (χ4v) is 3.34. The van der Waals surface area contributed by atoms with Gasteiger partial charge in [0.15, 0.2) is 11.5 Å². The van der Waals surface area contributed by atoms with E-state index in [2.05, 4.69) is 5.32 Å². The molecule has 2 aromatic carbocycles. The molecule has 3 heterocycles. The molecule has 4 amide bonds. The molecule has 0 bridgehead atoms. The highest BCUT2D eigenvalue weighted by Crippen LogP contribution is 2.36. The highest BCUT2D eigenvalue weighted by molar-refractivity contribution is 6.39.